The van der Waals surface area contributed by atoms with Gasteiger partial charge in [-0.25, -0.2) is 4.98 Å². The maximum Gasteiger partial charge on any atom is 0.325 e. The molecule has 0 radical (unpaired) electrons. The predicted octanol–water partition coefficient (Wildman–Crippen LogP) is 1.95. The van der Waals surface area contributed by atoms with Crippen LogP contribution in [0.2, 0.25) is 0 Å². The minimum Gasteiger partial charge on any atom is -0.465 e. The molecule has 1 aromatic heterocycles. The van der Waals surface area contributed by atoms with Crippen LogP contribution in [0.1, 0.15) is 26.7 Å². The van der Waals surface area contributed by atoms with Crippen LogP contribution in [0.15, 0.2) is 24.3 Å². The lowest BCUT2D eigenvalue weighted by Gasteiger charge is -2.33. The van der Waals surface area contributed by atoms with E-state index in [0.29, 0.717) is 13.2 Å². The smallest absolute Gasteiger partial charge is 0.325 e. The van der Waals surface area contributed by atoms with Gasteiger partial charge in [-0.3, -0.25) is 9.59 Å². The van der Waals surface area contributed by atoms with Crippen LogP contribution in [0.25, 0.3) is 11.0 Å². The predicted molar refractivity (Wildman–Crippen MR) is 100.0 cm³/mol. The van der Waals surface area contributed by atoms with Gasteiger partial charge >= 0.3 is 5.97 Å². The van der Waals surface area contributed by atoms with E-state index >= 15 is 0 Å². The van der Waals surface area contributed by atoms with Crippen LogP contribution in [0.4, 0.5) is 5.95 Å². The van der Waals surface area contributed by atoms with Crippen molar-refractivity contribution in [1.82, 2.24) is 14.9 Å². The molecule has 1 atom stereocenters. The van der Waals surface area contributed by atoms with Crippen molar-refractivity contribution in [2.24, 2.45) is 5.92 Å². The molecule has 1 amide bonds. The lowest BCUT2D eigenvalue weighted by molar-refractivity contribution is -0.143. The number of rotatable bonds is 6. The Morgan fingerprint density at radius 2 is 2.12 bits per heavy atom. The van der Waals surface area contributed by atoms with Crippen LogP contribution in [-0.2, 0) is 20.9 Å². The Hall–Kier alpha value is -2.57. The van der Waals surface area contributed by atoms with Crippen molar-refractivity contribution in [2.45, 2.75) is 33.2 Å². The van der Waals surface area contributed by atoms with Crippen LogP contribution in [0, 0.1) is 5.92 Å². The summed E-state index contributed by atoms with van der Waals surface area (Å²) in [5.74, 6) is 0.267. The molecular formula is C19H26N4O3. The normalized spacial score (nSPS) is 17.3. The van der Waals surface area contributed by atoms with Gasteiger partial charge < -0.3 is 19.5 Å². The molecule has 1 N–H and O–H groups in total. The number of para-hydroxylation sites is 2. The molecule has 1 aliphatic rings. The maximum absolute atomic E-state index is 12.4. The average Bonchev–Trinajstić information content (AvgIpc) is 3.05. The Labute approximate surface area is 153 Å². The van der Waals surface area contributed by atoms with Gasteiger partial charge in [-0.15, -0.1) is 0 Å². The first kappa shape index (κ1) is 18.2. The summed E-state index contributed by atoms with van der Waals surface area (Å²) in [5, 5.41) is 2.70. The molecule has 7 heteroatoms. The fourth-order valence-electron chi connectivity index (χ4n) is 3.50. The number of nitrogens with one attached hydrogen (secondary N) is 1. The standard InChI is InChI=1S/C19H26N4O3/c1-3-23-16-10-6-5-9-15(16)21-19(23)22-11-7-8-14(13-22)18(25)20-12-17(24)26-4-2/h5-6,9-10,14H,3-4,7-8,11-13H2,1-2H3,(H,20,25)/t14-/m0/s1. The molecule has 0 spiro atoms. The quantitative estimate of drug-likeness (QED) is 0.799. The SMILES string of the molecule is CCOC(=O)CNC(=O)[C@H]1CCCN(c2nc3ccccc3n2CC)C1. The average molecular weight is 358 g/mol. The van der Waals surface area contributed by atoms with E-state index in [4.69, 9.17) is 9.72 Å². The number of carbonyl (C=O) groups excluding carboxylic acids is 2. The number of aryl methyl sites for hydroxylation is 1. The summed E-state index contributed by atoms with van der Waals surface area (Å²) in [7, 11) is 0. The summed E-state index contributed by atoms with van der Waals surface area (Å²) < 4.78 is 7.05. The van der Waals surface area contributed by atoms with Gasteiger partial charge in [0, 0.05) is 19.6 Å². The number of hydrogen-bond acceptors (Lipinski definition) is 5. The molecule has 1 fully saturated rings. The van der Waals surface area contributed by atoms with E-state index in [9.17, 15) is 9.59 Å². The van der Waals surface area contributed by atoms with Gasteiger partial charge in [-0.05, 0) is 38.8 Å². The molecule has 0 unspecified atom stereocenters. The van der Waals surface area contributed by atoms with Crippen LogP contribution in [0.3, 0.4) is 0 Å². The second-order valence-corrected chi connectivity index (χ2v) is 6.45. The molecule has 2 aromatic rings. The molecular weight excluding hydrogens is 332 g/mol. The number of fused-ring (bicyclic) bond motifs is 1. The third-order valence-electron chi connectivity index (χ3n) is 4.74. The largest absolute Gasteiger partial charge is 0.465 e. The first-order valence-corrected chi connectivity index (χ1v) is 9.27. The van der Waals surface area contributed by atoms with E-state index in [1.54, 1.807) is 6.92 Å². The minimum absolute atomic E-state index is 0.0728. The molecule has 0 saturated carbocycles. The van der Waals surface area contributed by atoms with E-state index in [-0.39, 0.29) is 18.4 Å². The van der Waals surface area contributed by atoms with Crippen LogP contribution >= 0.6 is 0 Å². The van der Waals surface area contributed by atoms with Crippen LogP contribution in [0.5, 0.6) is 0 Å². The fourth-order valence-corrected chi connectivity index (χ4v) is 3.50. The van der Waals surface area contributed by atoms with E-state index in [2.05, 4.69) is 27.8 Å². The number of hydrogen-bond donors (Lipinski definition) is 1. The molecule has 1 aliphatic heterocycles. The van der Waals surface area contributed by atoms with Gasteiger partial charge in [0.1, 0.15) is 6.54 Å². The number of aromatic nitrogens is 2. The van der Waals surface area contributed by atoms with Crippen LogP contribution in [-0.4, -0.2) is 47.7 Å². The minimum atomic E-state index is -0.402. The Morgan fingerprint density at radius 1 is 1.31 bits per heavy atom. The highest BCUT2D eigenvalue weighted by Gasteiger charge is 2.28. The molecule has 7 nitrogen and oxygen atoms in total. The number of esters is 1. The second kappa shape index (κ2) is 8.21. The molecule has 2 heterocycles. The van der Waals surface area contributed by atoms with E-state index in [1.165, 1.54) is 0 Å². The number of piperidine rings is 1. The van der Waals surface area contributed by atoms with Crippen molar-refractivity contribution < 1.29 is 14.3 Å². The van der Waals surface area contributed by atoms with Crippen LogP contribution < -0.4 is 10.2 Å². The Kier molecular flexibility index (Phi) is 5.75. The summed E-state index contributed by atoms with van der Waals surface area (Å²) in [4.78, 5) is 30.8. The fraction of sp³-hybridized carbons (Fsp3) is 0.526. The molecule has 0 bridgehead atoms. The van der Waals surface area contributed by atoms with Gasteiger partial charge in [-0.2, -0.15) is 0 Å². The Bertz CT molecular complexity index is 786. The maximum atomic E-state index is 12.4. The van der Waals surface area contributed by atoms with E-state index < -0.39 is 5.97 Å². The third-order valence-corrected chi connectivity index (χ3v) is 4.74. The topological polar surface area (TPSA) is 76.5 Å². The van der Waals surface area contributed by atoms with Crippen molar-refractivity contribution >= 4 is 28.9 Å². The van der Waals surface area contributed by atoms with Crippen molar-refractivity contribution in [3.8, 4) is 0 Å². The number of imidazole rings is 1. The third kappa shape index (κ3) is 3.81. The molecule has 1 aromatic carbocycles. The zero-order valence-electron chi connectivity index (χ0n) is 15.4. The highest BCUT2D eigenvalue weighted by Crippen LogP contribution is 2.27. The summed E-state index contributed by atoms with van der Waals surface area (Å²) in [6, 6.07) is 8.09. The molecule has 0 aliphatic carbocycles. The lowest BCUT2D eigenvalue weighted by atomic mass is 9.97. The zero-order chi connectivity index (χ0) is 18.5. The zero-order valence-corrected chi connectivity index (χ0v) is 15.4. The highest BCUT2D eigenvalue weighted by molar-refractivity contribution is 5.84. The van der Waals surface area contributed by atoms with E-state index in [1.807, 2.05) is 18.2 Å². The molecule has 140 valence electrons. The number of benzene rings is 1. The molecule has 1 saturated heterocycles. The van der Waals surface area contributed by atoms with Crippen molar-refractivity contribution in [2.75, 3.05) is 31.1 Å². The number of anilines is 1. The molecule has 26 heavy (non-hydrogen) atoms. The monoisotopic (exact) mass is 358 g/mol. The van der Waals surface area contributed by atoms with Crippen molar-refractivity contribution in [1.29, 1.82) is 0 Å². The Morgan fingerprint density at radius 3 is 2.88 bits per heavy atom. The first-order valence-electron chi connectivity index (χ1n) is 9.27. The van der Waals surface area contributed by atoms with E-state index in [0.717, 1.165) is 42.9 Å². The Balaban J connectivity index is 1.70. The van der Waals surface area contributed by atoms with Crippen molar-refractivity contribution in [3.63, 3.8) is 0 Å². The summed E-state index contributed by atoms with van der Waals surface area (Å²) in [6.45, 7) is 6.41. The van der Waals surface area contributed by atoms with Gasteiger partial charge in [0.15, 0.2) is 0 Å². The van der Waals surface area contributed by atoms with Gasteiger partial charge in [0.05, 0.1) is 23.6 Å². The number of ether oxygens (including phenoxy) is 1. The lowest BCUT2D eigenvalue weighted by Crippen LogP contribution is -2.45. The molecule has 3 rings (SSSR count). The van der Waals surface area contributed by atoms with Gasteiger partial charge in [-0.1, -0.05) is 12.1 Å². The van der Waals surface area contributed by atoms with Gasteiger partial charge in [0.25, 0.3) is 0 Å². The summed E-state index contributed by atoms with van der Waals surface area (Å²) in [5.41, 5.74) is 2.08. The van der Waals surface area contributed by atoms with Crippen molar-refractivity contribution in [3.05, 3.63) is 24.3 Å². The summed E-state index contributed by atoms with van der Waals surface area (Å²) >= 11 is 0. The highest BCUT2D eigenvalue weighted by atomic mass is 16.5. The first-order chi connectivity index (χ1) is 12.6. The number of nitrogens with zero attached hydrogens (tertiary/aromatic N) is 3. The number of amides is 1. The second-order valence-electron chi connectivity index (χ2n) is 6.45. The summed E-state index contributed by atoms with van der Waals surface area (Å²) in [6.07, 6.45) is 1.74. The number of carbonyl (C=O) groups is 2. The van der Waals surface area contributed by atoms with Gasteiger partial charge in [0.2, 0.25) is 11.9 Å².